The van der Waals surface area contributed by atoms with Crippen LogP contribution < -0.4 is 5.73 Å². The van der Waals surface area contributed by atoms with Gasteiger partial charge in [-0.15, -0.1) is 0 Å². The quantitative estimate of drug-likeness (QED) is 0.913. The molecule has 6 heteroatoms. The third kappa shape index (κ3) is 2.93. The molecule has 1 heterocycles. The summed E-state index contributed by atoms with van der Waals surface area (Å²) >= 11 is 5.82. The van der Waals surface area contributed by atoms with Gasteiger partial charge in [0.15, 0.2) is 5.79 Å². The highest BCUT2D eigenvalue weighted by Gasteiger charge is 2.39. The van der Waals surface area contributed by atoms with Crippen LogP contribution in [0.3, 0.4) is 0 Å². The van der Waals surface area contributed by atoms with E-state index in [0.717, 1.165) is 5.56 Å². The van der Waals surface area contributed by atoms with E-state index < -0.39 is 11.9 Å². The first-order chi connectivity index (χ1) is 8.49. The van der Waals surface area contributed by atoms with Crippen LogP contribution in [0.4, 0.5) is 4.79 Å². The van der Waals surface area contributed by atoms with Gasteiger partial charge in [-0.1, -0.05) is 23.7 Å². The Bertz CT molecular complexity index is 436. The van der Waals surface area contributed by atoms with Gasteiger partial charge in [0.05, 0.1) is 6.61 Å². The van der Waals surface area contributed by atoms with E-state index in [1.807, 2.05) is 12.1 Å². The predicted molar refractivity (Wildman–Crippen MR) is 65.2 cm³/mol. The van der Waals surface area contributed by atoms with Crippen LogP contribution in [0.1, 0.15) is 12.5 Å². The first kappa shape index (κ1) is 13.1. The smallest absolute Gasteiger partial charge is 0.404 e. The fourth-order valence-corrected chi connectivity index (χ4v) is 1.93. The SMILES string of the molecule is CC1(c2ccc(Cl)cc2)OCC(COC(N)=O)O1. The van der Waals surface area contributed by atoms with Crippen molar-refractivity contribution in [3.05, 3.63) is 34.9 Å². The van der Waals surface area contributed by atoms with Crippen LogP contribution in [0.2, 0.25) is 5.02 Å². The zero-order valence-corrected chi connectivity index (χ0v) is 10.6. The van der Waals surface area contributed by atoms with Crippen LogP contribution in [0.15, 0.2) is 24.3 Å². The maximum absolute atomic E-state index is 10.5. The van der Waals surface area contributed by atoms with Crippen molar-refractivity contribution >= 4 is 17.7 Å². The van der Waals surface area contributed by atoms with Crippen molar-refractivity contribution in [1.29, 1.82) is 0 Å². The van der Waals surface area contributed by atoms with Gasteiger partial charge in [0.2, 0.25) is 0 Å². The lowest BCUT2D eigenvalue weighted by atomic mass is 10.1. The standard InChI is InChI=1S/C12H14ClNO4/c1-12(8-2-4-9(13)5-3-8)17-7-10(18-12)6-16-11(14)15/h2-5,10H,6-7H2,1H3,(H2,14,15). The molecule has 2 atom stereocenters. The lowest BCUT2D eigenvalue weighted by Gasteiger charge is -2.23. The van der Waals surface area contributed by atoms with Gasteiger partial charge in [-0.3, -0.25) is 0 Å². The normalized spacial score (nSPS) is 27.1. The molecule has 1 amide bonds. The fraction of sp³-hybridized carbons (Fsp3) is 0.417. The molecule has 0 radical (unpaired) electrons. The van der Waals surface area contributed by atoms with Crippen molar-refractivity contribution < 1.29 is 19.0 Å². The highest BCUT2D eigenvalue weighted by Crippen LogP contribution is 2.34. The van der Waals surface area contributed by atoms with E-state index >= 15 is 0 Å². The van der Waals surface area contributed by atoms with E-state index in [-0.39, 0.29) is 12.7 Å². The summed E-state index contributed by atoms with van der Waals surface area (Å²) < 4.78 is 16.0. The molecule has 0 aliphatic carbocycles. The van der Waals surface area contributed by atoms with Gasteiger partial charge < -0.3 is 19.9 Å². The van der Waals surface area contributed by atoms with E-state index in [9.17, 15) is 4.79 Å². The molecule has 2 rings (SSSR count). The Hall–Kier alpha value is -1.30. The number of amides is 1. The Morgan fingerprint density at radius 1 is 1.56 bits per heavy atom. The molecule has 98 valence electrons. The van der Waals surface area contributed by atoms with Crippen LogP contribution in [0.5, 0.6) is 0 Å². The predicted octanol–water partition coefficient (Wildman–Crippen LogP) is 2.02. The molecule has 1 aromatic rings. The zero-order valence-electron chi connectivity index (χ0n) is 9.89. The van der Waals surface area contributed by atoms with Crippen molar-refractivity contribution in [2.24, 2.45) is 5.73 Å². The van der Waals surface area contributed by atoms with Gasteiger partial charge in [0.25, 0.3) is 0 Å². The molecule has 0 bridgehead atoms. The number of benzene rings is 1. The van der Waals surface area contributed by atoms with E-state index in [4.69, 9.17) is 26.8 Å². The Labute approximate surface area is 110 Å². The van der Waals surface area contributed by atoms with Crippen LogP contribution in [-0.4, -0.2) is 25.4 Å². The summed E-state index contributed by atoms with van der Waals surface area (Å²) in [5.41, 5.74) is 5.75. The molecule has 0 aromatic heterocycles. The third-order valence-electron chi connectivity index (χ3n) is 2.72. The van der Waals surface area contributed by atoms with Crippen LogP contribution >= 0.6 is 11.6 Å². The van der Waals surface area contributed by atoms with E-state index in [0.29, 0.717) is 11.6 Å². The molecule has 18 heavy (non-hydrogen) atoms. The van der Waals surface area contributed by atoms with Crippen molar-refractivity contribution in [2.75, 3.05) is 13.2 Å². The summed E-state index contributed by atoms with van der Waals surface area (Å²) in [6.07, 6.45) is -1.14. The van der Waals surface area contributed by atoms with Crippen molar-refractivity contribution in [3.8, 4) is 0 Å². The molecule has 0 saturated carbocycles. The Morgan fingerprint density at radius 2 is 2.22 bits per heavy atom. The minimum absolute atomic E-state index is 0.0819. The summed E-state index contributed by atoms with van der Waals surface area (Å²) in [5, 5.41) is 0.647. The molecule has 1 aliphatic rings. The van der Waals surface area contributed by atoms with Crippen LogP contribution in [0.25, 0.3) is 0 Å². The molecule has 1 aliphatic heterocycles. The second-order valence-corrected chi connectivity index (χ2v) is 4.57. The Morgan fingerprint density at radius 3 is 2.83 bits per heavy atom. The van der Waals surface area contributed by atoms with E-state index in [2.05, 4.69) is 4.74 Å². The lowest BCUT2D eigenvalue weighted by molar-refractivity contribution is -0.165. The van der Waals surface area contributed by atoms with Gasteiger partial charge in [-0.05, 0) is 19.1 Å². The number of carbonyl (C=O) groups excluding carboxylic acids is 1. The first-order valence-corrected chi connectivity index (χ1v) is 5.87. The molecular formula is C12H14ClNO4. The highest BCUT2D eigenvalue weighted by molar-refractivity contribution is 6.30. The Kier molecular flexibility index (Phi) is 3.75. The average Bonchev–Trinajstić information content (AvgIpc) is 2.71. The summed E-state index contributed by atoms with van der Waals surface area (Å²) in [6.45, 7) is 2.23. The van der Waals surface area contributed by atoms with Gasteiger partial charge in [0.1, 0.15) is 12.7 Å². The first-order valence-electron chi connectivity index (χ1n) is 5.50. The minimum Gasteiger partial charge on any atom is -0.447 e. The second kappa shape index (κ2) is 5.14. The zero-order chi connectivity index (χ0) is 13.2. The average molecular weight is 272 g/mol. The van der Waals surface area contributed by atoms with Crippen LogP contribution in [-0.2, 0) is 20.0 Å². The minimum atomic E-state index is -0.851. The summed E-state index contributed by atoms with van der Waals surface area (Å²) in [6, 6.07) is 7.20. The second-order valence-electron chi connectivity index (χ2n) is 4.13. The molecule has 2 N–H and O–H groups in total. The molecule has 1 saturated heterocycles. The monoisotopic (exact) mass is 271 g/mol. The number of ether oxygens (including phenoxy) is 3. The lowest BCUT2D eigenvalue weighted by Crippen LogP contribution is -2.27. The number of nitrogens with two attached hydrogens (primary N) is 1. The van der Waals surface area contributed by atoms with Gasteiger partial charge >= 0.3 is 6.09 Å². The molecule has 1 aromatic carbocycles. The highest BCUT2D eigenvalue weighted by atomic mass is 35.5. The van der Waals surface area contributed by atoms with E-state index in [1.165, 1.54) is 0 Å². The van der Waals surface area contributed by atoms with Gasteiger partial charge in [-0.2, -0.15) is 0 Å². The van der Waals surface area contributed by atoms with Crippen molar-refractivity contribution in [3.63, 3.8) is 0 Å². The summed E-state index contributed by atoms with van der Waals surface area (Å²) in [4.78, 5) is 10.5. The number of rotatable bonds is 3. The molecule has 1 fully saturated rings. The molecule has 2 unspecified atom stereocenters. The van der Waals surface area contributed by atoms with Gasteiger partial charge in [-0.25, -0.2) is 4.79 Å². The maximum atomic E-state index is 10.5. The molecule has 0 spiro atoms. The summed E-state index contributed by atoms with van der Waals surface area (Å²) in [7, 11) is 0. The van der Waals surface area contributed by atoms with Crippen molar-refractivity contribution in [2.45, 2.75) is 18.8 Å². The summed E-state index contributed by atoms with van der Waals surface area (Å²) in [5.74, 6) is -0.851. The number of primary amides is 1. The van der Waals surface area contributed by atoms with E-state index in [1.54, 1.807) is 19.1 Å². The number of halogens is 1. The third-order valence-corrected chi connectivity index (χ3v) is 2.97. The van der Waals surface area contributed by atoms with Crippen LogP contribution in [0, 0.1) is 0 Å². The number of carbonyl (C=O) groups is 1. The fourth-order valence-electron chi connectivity index (χ4n) is 1.80. The largest absolute Gasteiger partial charge is 0.447 e. The molecule has 5 nitrogen and oxygen atoms in total. The maximum Gasteiger partial charge on any atom is 0.404 e. The Balaban J connectivity index is 2.01. The topological polar surface area (TPSA) is 70.8 Å². The number of hydrogen-bond acceptors (Lipinski definition) is 4. The van der Waals surface area contributed by atoms with Gasteiger partial charge in [0, 0.05) is 10.6 Å². The van der Waals surface area contributed by atoms with Crippen molar-refractivity contribution in [1.82, 2.24) is 0 Å². The number of hydrogen-bond donors (Lipinski definition) is 1. The molecular weight excluding hydrogens is 258 g/mol.